The first-order valence-electron chi connectivity index (χ1n) is 12.9. The molecule has 2 aromatic heterocycles. The van der Waals surface area contributed by atoms with Crippen LogP contribution in [0.15, 0.2) is 53.7 Å². The van der Waals surface area contributed by atoms with Gasteiger partial charge in [0.15, 0.2) is 11.6 Å². The molecule has 0 amide bonds. The summed E-state index contributed by atoms with van der Waals surface area (Å²) in [7, 11) is 2.16. The van der Waals surface area contributed by atoms with Crippen molar-refractivity contribution in [3.8, 4) is 25.7 Å². The standard InChI is InChI=1S/C27H39N7.2C2H2/c1-6-9-12-22(8-3)23(11-7-2)13-10-14-24-28-25(29-26-19-21(4)31-32-26)20-27(30-24)34-17-15-33(5)16-18-34;2*1-2/h6-7,9-11,14,19-20H,8,12-13,15-18H2,1-5H3,(H2,28,29,30,31,32);2*1-2H/b9-6-,11-7-,14-10+,23-22-;;. The highest BCUT2D eigenvalue weighted by atomic mass is 15.3. The molecule has 0 aliphatic carbocycles. The van der Waals surface area contributed by atoms with Crippen molar-refractivity contribution in [1.29, 1.82) is 0 Å². The van der Waals surface area contributed by atoms with Crippen molar-refractivity contribution < 1.29 is 0 Å². The van der Waals surface area contributed by atoms with Crippen LogP contribution in [0.4, 0.5) is 17.5 Å². The number of hydrogen-bond donors (Lipinski definition) is 2. The van der Waals surface area contributed by atoms with Gasteiger partial charge >= 0.3 is 0 Å². The number of terminal acetylenes is 2. The highest BCUT2D eigenvalue weighted by Crippen LogP contribution is 2.22. The molecule has 1 saturated heterocycles. The summed E-state index contributed by atoms with van der Waals surface area (Å²) in [4.78, 5) is 14.3. The lowest BCUT2D eigenvalue weighted by atomic mass is 9.99. The van der Waals surface area contributed by atoms with Gasteiger partial charge in [-0.05, 0) is 58.7 Å². The molecule has 202 valence electrons. The van der Waals surface area contributed by atoms with E-state index in [2.05, 4.69) is 109 Å². The van der Waals surface area contributed by atoms with Crippen molar-refractivity contribution in [2.75, 3.05) is 43.4 Å². The Kier molecular flexibility index (Phi) is 15.3. The third-order valence-corrected chi connectivity index (χ3v) is 5.97. The number of nitrogens with zero attached hydrogens (tertiary/aromatic N) is 5. The van der Waals surface area contributed by atoms with Crippen LogP contribution in [0.2, 0.25) is 0 Å². The number of piperazine rings is 1. The van der Waals surface area contributed by atoms with Crippen LogP contribution in [0.5, 0.6) is 0 Å². The van der Waals surface area contributed by atoms with Crippen LogP contribution in [0, 0.1) is 32.6 Å². The summed E-state index contributed by atoms with van der Waals surface area (Å²) in [6.45, 7) is 12.3. The van der Waals surface area contributed by atoms with Crippen molar-refractivity contribution in [2.45, 2.75) is 47.0 Å². The third-order valence-electron chi connectivity index (χ3n) is 5.97. The predicted octanol–water partition coefficient (Wildman–Crippen LogP) is 6.15. The van der Waals surface area contributed by atoms with E-state index in [1.54, 1.807) is 0 Å². The first-order valence-corrected chi connectivity index (χ1v) is 12.9. The zero-order chi connectivity index (χ0) is 28.3. The number of likely N-dealkylation sites (N-methyl/N-ethyl adjacent to an activating group) is 1. The number of hydrogen-bond acceptors (Lipinski definition) is 6. The zero-order valence-corrected chi connectivity index (χ0v) is 23.6. The summed E-state index contributed by atoms with van der Waals surface area (Å²) >= 11 is 0. The molecule has 38 heavy (non-hydrogen) atoms. The van der Waals surface area contributed by atoms with Gasteiger partial charge in [0.05, 0.1) is 0 Å². The fourth-order valence-corrected chi connectivity index (χ4v) is 3.99. The lowest BCUT2D eigenvalue weighted by molar-refractivity contribution is 0.312. The monoisotopic (exact) mass is 513 g/mol. The summed E-state index contributed by atoms with van der Waals surface area (Å²) in [6.07, 6.45) is 31.8. The first-order chi connectivity index (χ1) is 18.5. The Labute approximate surface area is 229 Å². The highest BCUT2D eigenvalue weighted by molar-refractivity contribution is 5.60. The van der Waals surface area contributed by atoms with E-state index < -0.39 is 0 Å². The lowest BCUT2D eigenvalue weighted by Gasteiger charge is -2.33. The lowest BCUT2D eigenvalue weighted by Crippen LogP contribution is -2.44. The van der Waals surface area contributed by atoms with E-state index in [1.807, 2.05) is 25.1 Å². The Bertz CT molecular complexity index is 1120. The van der Waals surface area contributed by atoms with Gasteiger partial charge in [-0.2, -0.15) is 5.10 Å². The summed E-state index contributed by atoms with van der Waals surface area (Å²) in [6, 6.07) is 3.99. The molecule has 0 spiro atoms. The smallest absolute Gasteiger partial charge is 0.156 e. The minimum atomic E-state index is 0.706. The Morgan fingerprint density at radius 2 is 1.68 bits per heavy atom. The van der Waals surface area contributed by atoms with Gasteiger partial charge in [0.2, 0.25) is 0 Å². The van der Waals surface area contributed by atoms with E-state index in [1.165, 1.54) is 11.1 Å². The summed E-state index contributed by atoms with van der Waals surface area (Å²) in [5, 5.41) is 10.6. The number of anilines is 3. The van der Waals surface area contributed by atoms with Gasteiger partial charge in [0.1, 0.15) is 11.6 Å². The van der Waals surface area contributed by atoms with Crippen molar-refractivity contribution in [1.82, 2.24) is 25.1 Å². The van der Waals surface area contributed by atoms with Gasteiger partial charge in [-0.15, -0.1) is 25.7 Å². The van der Waals surface area contributed by atoms with Crippen LogP contribution in [0.3, 0.4) is 0 Å². The summed E-state index contributed by atoms with van der Waals surface area (Å²) < 4.78 is 0. The number of allylic oxidation sites excluding steroid dienone is 7. The fraction of sp³-hybridized carbons (Fsp3) is 0.387. The number of aromatic amines is 1. The second kappa shape index (κ2) is 18.2. The largest absolute Gasteiger partial charge is 0.354 e. The average Bonchev–Trinajstić information content (AvgIpc) is 3.35. The number of aromatic nitrogens is 4. The molecule has 1 aliphatic heterocycles. The maximum atomic E-state index is 4.88. The van der Waals surface area contributed by atoms with Gasteiger partial charge in [0.25, 0.3) is 0 Å². The molecule has 0 bridgehead atoms. The fourth-order valence-electron chi connectivity index (χ4n) is 3.99. The van der Waals surface area contributed by atoms with Gasteiger partial charge in [-0.3, -0.25) is 5.10 Å². The molecule has 1 aliphatic rings. The zero-order valence-electron chi connectivity index (χ0n) is 23.6. The first kappa shape index (κ1) is 32.0. The molecule has 2 N–H and O–H groups in total. The Morgan fingerprint density at radius 3 is 2.26 bits per heavy atom. The number of nitrogens with one attached hydrogen (secondary N) is 2. The summed E-state index contributed by atoms with van der Waals surface area (Å²) in [5.74, 6) is 3.16. The molecule has 3 rings (SSSR count). The van der Waals surface area contributed by atoms with Crippen molar-refractivity contribution >= 4 is 23.5 Å². The molecule has 1 fully saturated rings. The second-order valence-electron chi connectivity index (χ2n) is 8.68. The maximum Gasteiger partial charge on any atom is 0.156 e. The van der Waals surface area contributed by atoms with Crippen molar-refractivity contribution in [3.05, 3.63) is 65.2 Å². The topological polar surface area (TPSA) is 73.0 Å². The van der Waals surface area contributed by atoms with Crippen molar-refractivity contribution in [2.24, 2.45) is 0 Å². The van der Waals surface area contributed by atoms with Crippen LogP contribution < -0.4 is 10.2 Å². The van der Waals surface area contributed by atoms with Gasteiger partial charge in [0, 0.05) is 44.0 Å². The average molecular weight is 514 g/mol. The molecular weight excluding hydrogens is 470 g/mol. The molecule has 0 atom stereocenters. The van der Waals surface area contributed by atoms with E-state index >= 15 is 0 Å². The third kappa shape index (κ3) is 10.5. The van der Waals surface area contributed by atoms with E-state index in [0.717, 1.165) is 68.6 Å². The van der Waals surface area contributed by atoms with Crippen LogP contribution in [-0.4, -0.2) is 58.3 Å². The Morgan fingerprint density at radius 1 is 0.974 bits per heavy atom. The van der Waals surface area contributed by atoms with E-state index in [-0.39, 0.29) is 0 Å². The quantitative estimate of drug-likeness (QED) is 0.225. The predicted molar refractivity (Wildman–Crippen MR) is 163 cm³/mol. The van der Waals surface area contributed by atoms with Crippen LogP contribution in [0.25, 0.3) is 6.08 Å². The van der Waals surface area contributed by atoms with E-state index in [9.17, 15) is 0 Å². The van der Waals surface area contributed by atoms with Gasteiger partial charge < -0.3 is 15.1 Å². The van der Waals surface area contributed by atoms with Gasteiger partial charge in [-0.25, -0.2) is 9.97 Å². The SMILES string of the molecule is C#C.C#C.C/C=C\C/C(CC)=C(/C=C\C)C/C=C/c1nc(Nc2cc(C)[nH]n2)cc(N2CCN(C)CC2)n1. The van der Waals surface area contributed by atoms with Crippen LogP contribution in [-0.2, 0) is 0 Å². The molecule has 7 heteroatoms. The number of H-pyrrole nitrogens is 1. The number of rotatable bonds is 10. The molecular formula is C31H43N7. The van der Waals surface area contributed by atoms with Gasteiger partial charge in [-0.1, -0.05) is 42.9 Å². The molecule has 0 aromatic carbocycles. The second-order valence-corrected chi connectivity index (χ2v) is 8.68. The Hall–Kier alpha value is -4.07. The molecule has 0 radical (unpaired) electrons. The molecule has 0 saturated carbocycles. The Balaban J connectivity index is 0.00000172. The van der Waals surface area contributed by atoms with E-state index in [0.29, 0.717) is 5.82 Å². The highest BCUT2D eigenvalue weighted by Gasteiger charge is 2.17. The number of aryl methyl sites for hydroxylation is 1. The van der Waals surface area contributed by atoms with Crippen LogP contribution in [0.1, 0.15) is 51.6 Å². The summed E-state index contributed by atoms with van der Waals surface area (Å²) in [5.41, 5.74) is 3.83. The normalized spacial score (nSPS) is 14.6. The minimum absolute atomic E-state index is 0.706. The molecule has 0 unspecified atom stereocenters. The van der Waals surface area contributed by atoms with Crippen LogP contribution >= 0.6 is 0 Å². The molecule has 3 heterocycles. The maximum absolute atomic E-state index is 4.88. The van der Waals surface area contributed by atoms with E-state index in [4.69, 9.17) is 9.97 Å². The van der Waals surface area contributed by atoms with Crippen molar-refractivity contribution in [3.63, 3.8) is 0 Å². The minimum Gasteiger partial charge on any atom is -0.354 e. The molecule has 7 nitrogen and oxygen atoms in total. The molecule has 2 aromatic rings.